The standard InChI is InChI=1S/C7H16O12P2.4Na/c1-17-6-3(9)2(8)5(18-20(11,12)13)4(10)7(6)19-21(14,15)16;;;;/h2-10H,1H3,(H2,11,12,13)(H2,14,15,16);;;;/q;4*+1/p-4/t2-,3+,4+,5-,6-,7-;;;;/m1..../s1. The van der Waals surface area contributed by atoms with Gasteiger partial charge in [-0.05, 0) is 0 Å². The third-order valence-corrected chi connectivity index (χ3v) is 3.80. The Morgan fingerprint density at radius 2 is 1.00 bits per heavy atom. The molecule has 0 aromatic carbocycles. The van der Waals surface area contributed by atoms with E-state index in [9.17, 15) is 44.0 Å². The van der Waals surface area contributed by atoms with Gasteiger partial charge < -0.3 is 57.8 Å². The second-order valence-corrected chi connectivity index (χ2v) is 6.42. The van der Waals surface area contributed by atoms with Crippen molar-refractivity contribution in [3.8, 4) is 0 Å². The molecule has 3 N–H and O–H groups in total. The Morgan fingerprint density at radius 1 is 0.680 bits per heavy atom. The summed E-state index contributed by atoms with van der Waals surface area (Å²) in [5.41, 5.74) is 0. The molecule has 0 bridgehead atoms. The van der Waals surface area contributed by atoms with E-state index in [0.717, 1.165) is 7.11 Å². The van der Waals surface area contributed by atoms with E-state index in [1.54, 1.807) is 0 Å². The average Bonchev–Trinajstić information content (AvgIpc) is 2.29. The Balaban J connectivity index is -0.000000551. The summed E-state index contributed by atoms with van der Waals surface area (Å²) in [5, 5.41) is 29.0. The van der Waals surface area contributed by atoms with Crippen LogP contribution < -0.4 is 138 Å². The molecule has 0 saturated heterocycles. The zero-order chi connectivity index (χ0) is 16.6. The summed E-state index contributed by atoms with van der Waals surface area (Å²) in [6.07, 6.45) is -12.4. The van der Waals surface area contributed by atoms with Crippen LogP contribution >= 0.6 is 15.6 Å². The van der Waals surface area contributed by atoms with Crippen molar-refractivity contribution in [2.24, 2.45) is 0 Å². The predicted octanol–water partition coefficient (Wildman–Crippen LogP) is -17.5. The van der Waals surface area contributed by atoms with Crippen LogP contribution in [0.2, 0.25) is 0 Å². The van der Waals surface area contributed by atoms with Crippen molar-refractivity contribution >= 4 is 15.6 Å². The van der Waals surface area contributed by atoms with E-state index < -0.39 is 52.3 Å². The first-order chi connectivity index (χ1) is 9.37. The minimum Gasteiger partial charge on any atom is -0.790 e. The molecule has 126 valence electrons. The number of phosphoric ester groups is 2. The van der Waals surface area contributed by atoms with Gasteiger partial charge in [0.1, 0.15) is 36.6 Å². The van der Waals surface area contributed by atoms with E-state index in [2.05, 4.69) is 13.8 Å². The number of rotatable bonds is 5. The van der Waals surface area contributed by atoms with Crippen molar-refractivity contribution in [3.05, 3.63) is 0 Å². The second-order valence-electron chi connectivity index (χ2n) is 4.21. The van der Waals surface area contributed by atoms with Gasteiger partial charge in [0, 0.05) is 7.11 Å². The minimum atomic E-state index is -5.69. The molecule has 1 aliphatic carbocycles. The molecule has 25 heavy (non-hydrogen) atoms. The van der Waals surface area contributed by atoms with Crippen LogP contribution in [0.3, 0.4) is 0 Å². The number of methoxy groups -OCH3 is 1. The van der Waals surface area contributed by atoms with Crippen molar-refractivity contribution in [1.82, 2.24) is 0 Å². The molecule has 1 aliphatic rings. The third kappa shape index (κ3) is 11.9. The minimum absolute atomic E-state index is 0. The van der Waals surface area contributed by atoms with E-state index in [4.69, 9.17) is 0 Å². The summed E-state index contributed by atoms with van der Waals surface area (Å²) >= 11 is 0. The molecule has 0 heterocycles. The predicted molar refractivity (Wildman–Crippen MR) is 53.8 cm³/mol. The molecule has 0 aliphatic heterocycles. The summed E-state index contributed by atoms with van der Waals surface area (Å²) < 4.78 is 33.6. The Hall–Kier alpha value is 4.06. The van der Waals surface area contributed by atoms with Crippen LogP contribution in [0.25, 0.3) is 0 Å². The van der Waals surface area contributed by atoms with E-state index >= 15 is 0 Å². The average molecular weight is 442 g/mol. The molecular formula is C7H12Na4O12P2. The third-order valence-electron chi connectivity index (χ3n) is 2.79. The summed E-state index contributed by atoms with van der Waals surface area (Å²) in [4.78, 5) is 42.3. The molecule has 18 heteroatoms. The van der Waals surface area contributed by atoms with E-state index in [-0.39, 0.29) is 118 Å². The molecule has 0 radical (unpaired) electrons. The molecule has 0 amide bonds. The fourth-order valence-corrected chi connectivity index (χ4v) is 3.08. The van der Waals surface area contributed by atoms with Gasteiger partial charge in [-0.15, -0.1) is 0 Å². The summed E-state index contributed by atoms with van der Waals surface area (Å²) in [6, 6.07) is 0. The SMILES string of the molecule is CO[C@@H]1[C@@H](O)[C@@H](O)[C@@H](OP(=O)([O-])[O-])[C@H](O)[C@H]1OP(=O)([O-])[O-].[Na+].[Na+].[Na+].[Na+]. The van der Waals surface area contributed by atoms with Crippen molar-refractivity contribution in [2.75, 3.05) is 7.11 Å². The van der Waals surface area contributed by atoms with Gasteiger partial charge in [-0.25, -0.2) is 0 Å². The van der Waals surface area contributed by atoms with Gasteiger partial charge in [-0.3, -0.25) is 0 Å². The summed E-state index contributed by atoms with van der Waals surface area (Å²) in [5.74, 6) is 0. The van der Waals surface area contributed by atoms with E-state index in [0.29, 0.717) is 0 Å². The molecule has 0 unspecified atom stereocenters. The van der Waals surface area contributed by atoms with Gasteiger partial charge in [0.2, 0.25) is 0 Å². The van der Waals surface area contributed by atoms with Crippen molar-refractivity contribution in [2.45, 2.75) is 36.6 Å². The fourth-order valence-electron chi connectivity index (χ4n) is 1.99. The topological polar surface area (TPSA) is 215 Å². The molecule has 1 rings (SSSR count). The van der Waals surface area contributed by atoms with Crippen molar-refractivity contribution < 1.29 is 176 Å². The van der Waals surface area contributed by atoms with Gasteiger partial charge in [-0.1, -0.05) is 0 Å². The number of aliphatic hydroxyl groups excluding tert-OH is 3. The number of hydrogen-bond acceptors (Lipinski definition) is 12. The molecule has 1 saturated carbocycles. The van der Waals surface area contributed by atoms with Gasteiger partial charge in [0.15, 0.2) is 0 Å². The number of aliphatic hydroxyl groups is 3. The van der Waals surface area contributed by atoms with Crippen LogP contribution in [0.1, 0.15) is 0 Å². The molecule has 0 spiro atoms. The van der Waals surface area contributed by atoms with Gasteiger partial charge >= 0.3 is 118 Å². The smallest absolute Gasteiger partial charge is 0.790 e. The van der Waals surface area contributed by atoms with Crippen LogP contribution in [0, 0.1) is 0 Å². The first-order valence-corrected chi connectivity index (χ1v) is 8.27. The zero-order valence-electron chi connectivity index (χ0n) is 14.4. The Morgan fingerprint density at radius 3 is 1.32 bits per heavy atom. The molecule has 6 atom stereocenters. The van der Waals surface area contributed by atoms with E-state index in [1.165, 1.54) is 0 Å². The molecular weight excluding hydrogens is 430 g/mol. The molecule has 12 nitrogen and oxygen atoms in total. The monoisotopic (exact) mass is 442 g/mol. The van der Waals surface area contributed by atoms with Gasteiger partial charge in [0.25, 0.3) is 0 Å². The number of ether oxygens (including phenoxy) is 1. The number of hydrogen-bond donors (Lipinski definition) is 3. The maximum Gasteiger partial charge on any atom is 1.00 e. The molecule has 1 fully saturated rings. The maximum atomic E-state index is 10.6. The Bertz CT molecular complexity index is 459. The maximum absolute atomic E-state index is 10.6. The quantitative estimate of drug-likeness (QED) is 0.267. The van der Waals surface area contributed by atoms with Crippen LogP contribution in [-0.2, 0) is 22.9 Å². The van der Waals surface area contributed by atoms with E-state index in [1.807, 2.05) is 0 Å². The summed E-state index contributed by atoms with van der Waals surface area (Å²) in [6.45, 7) is 0. The van der Waals surface area contributed by atoms with Crippen LogP contribution in [0.5, 0.6) is 0 Å². The second kappa shape index (κ2) is 15.0. The van der Waals surface area contributed by atoms with Crippen molar-refractivity contribution in [1.29, 1.82) is 0 Å². The first kappa shape index (κ1) is 36.4. The zero-order valence-corrected chi connectivity index (χ0v) is 24.2. The van der Waals surface area contributed by atoms with Crippen LogP contribution in [-0.4, -0.2) is 59.1 Å². The van der Waals surface area contributed by atoms with Crippen LogP contribution in [0.4, 0.5) is 0 Å². The Kier molecular flexibility index (Phi) is 21.8. The largest absolute Gasteiger partial charge is 1.00 e. The van der Waals surface area contributed by atoms with Gasteiger partial charge in [0.05, 0.1) is 15.6 Å². The molecule has 0 aromatic rings. The summed E-state index contributed by atoms with van der Waals surface area (Å²) in [7, 11) is -10.4. The van der Waals surface area contributed by atoms with Crippen molar-refractivity contribution in [3.63, 3.8) is 0 Å². The molecule has 0 aromatic heterocycles. The van der Waals surface area contributed by atoms with Crippen LogP contribution in [0.15, 0.2) is 0 Å². The Labute approximate surface area is 232 Å². The normalized spacial score (nSPS) is 32.3. The first-order valence-electron chi connectivity index (χ1n) is 5.35. The van der Waals surface area contributed by atoms with Gasteiger partial charge in [-0.2, -0.15) is 0 Å². The number of phosphoric acid groups is 2. The fraction of sp³-hybridized carbons (Fsp3) is 1.00.